The van der Waals surface area contributed by atoms with Crippen molar-refractivity contribution >= 4 is 24.7 Å². The first kappa shape index (κ1) is 25.6. The van der Waals surface area contributed by atoms with Crippen molar-refractivity contribution in [1.29, 1.82) is 0 Å². The van der Waals surface area contributed by atoms with E-state index in [1.54, 1.807) is 24.3 Å². The zero-order valence-electron chi connectivity index (χ0n) is 18.1. The molecular weight excluding hydrogens is 453 g/mol. The molecule has 0 heterocycles. The lowest BCUT2D eigenvalue weighted by Crippen LogP contribution is -2.61. The molecule has 0 saturated heterocycles. The molecular formula is C23H28BClF2N2O4. The second-order valence-corrected chi connectivity index (χ2v) is 9.16. The SMILES string of the molecule is NC(CCCCB(O)O)(C(=O)O)C1CC(NCc2ccc(-c3ccc(Cl)cc3)c(F)c2F)C1. The molecule has 1 fully saturated rings. The smallest absolute Gasteiger partial charge is 0.451 e. The molecule has 2 aromatic carbocycles. The predicted molar refractivity (Wildman–Crippen MR) is 124 cm³/mol. The topological polar surface area (TPSA) is 116 Å². The van der Waals surface area contributed by atoms with E-state index in [1.807, 2.05) is 0 Å². The van der Waals surface area contributed by atoms with Crippen LogP contribution in [0.5, 0.6) is 0 Å². The first-order valence-corrected chi connectivity index (χ1v) is 11.3. The van der Waals surface area contributed by atoms with Crippen LogP contribution < -0.4 is 11.1 Å². The van der Waals surface area contributed by atoms with Crippen LogP contribution in [0.4, 0.5) is 8.78 Å². The van der Waals surface area contributed by atoms with Gasteiger partial charge in [0.25, 0.3) is 0 Å². The van der Waals surface area contributed by atoms with Crippen LogP contribution in [0.25, 0.3) is 11.1 Å². The Morgan fingerprint density at radius 2 is 1.79 bits per heavy atom. The van der Waals surface area contributed by atoms with Gasteiger partial charge in [0.2, 0.25) is 0 Å². The van der Waals surface area contributed by atoms with Crippen molar-refractivity contribution in [2.45, 2.75) is 56.5 Å². The Hall–Kier alpha value is -2.04. The quantitative estimate of drug-likeness (QED) is 0.248. The molecule has 33 heavy (non-hydrogen) atoms. The summed E-state index contributed by atoms with van der Waals surface area (Å²) in [4.78, 5) is 11.8. The van der Waals surface area contributed by atoms with E-state index in [0.29, 0.717) is 36.3 Å². The molecule has 0 spiro atoms. The molecule has 6 nitrogen and oxygen atoms in total. The number of carboxylic acids is 1. The Labute approximate surface area is 196 Å². The van der Waals surface area contributed by atoms with Crippen molar-refractivity contribution in [2.24, 2.45) is 11.7 Å². The molecule has 6 N–H and O–H groups in total. The number of benzene rings is 2. The average Bonchev–Trinajstić information content (AvgIpc) is 2.73. The zero-order valence-corrected chi connectivity index (χ0v) is 18.9. The van der Waals surface area contributed by atoms with Crippen LogP contribution in [0.3, 0.4) is 0 Å². The van der Waals surface area contributed by atoms with E-state index < -0.39 is 30.3 Å². The third-order valence-corrected chi connectivity index (χ3v) is 6.72. The Morgan fingerprint density at radius 3 is 2.39 bits per heavy atom. The van der Waals surface area contributed by atoms with Gasteiger partial charge < -0.3 is 26.2 Å². The highest BCUT2D eigenvalue weighted by Gasteiger charge is 2.48. The zero-order chi connectivity index (χ0) is 24.2. The second-order valence-electron chi connectivity index (χ2n) is 8.73. The van der Waals surface area contributed by atoms with E-state index >= 15 is 0 Å². The fourth-order valence-electron chi connectivity index (χ4n) is 4.27. The summed E-state index contributed by atoms with van der Waals surface area (Å²) in [6.45, 7) is 0.111. The Bertz CT molecular complexity index is 974. The highest BCUT2D eigenvalue weighted by molar-refractivity contribution is 6.40. The van der Waals surface area contributed by atoms with Crippen LogP contribution in [0.2, 0.25) is 11.3 Å². The molecule has 10 heteroatoms. The van der Waals surface area contributed by atoms with Gasteiger partial charge in [0.15, 0.2) is 11.6 Å². The Kier molecular flexibility index (Phi) is 8.47. The Balaban J connectivity index is 1.55. The lowest BCUT2D eigenvalue weighted by molar-refractivity contribution is -0.148. The summed E-state index contributed by atoms with van der Waals surface area (Å²) in [5, 5.41) is 31.1. The van der Waals surface area contributed by atoms with Gasteiger partial charge in [-0.2, -0.15) is 0 Å². The van der Waals surface area contributed by atoms with Crippen LogP contribution in [-0.4, -0.2) is 39.8 Å². The monoisotopic (exact) mass is 480 g/mol. The number of nitrogens with one attached hydrogen (secondary N) is 1. The number of carbonyl (C=O) groups is 1. The maximum absolute atomic E-state index is 14.6. The fourth-order valence-corrected chi connectivity index (χ4v) is 4.39. The van der Waals surface area contributed by atoms with Gasteiger partial charge in [-0.05, 0) is 49.2 Å². The number of hydrogen-bond donors (Lipinski definition) is 5. The molecule has 0 bridgehead atoms. The van der Waals surface area contributed by atoms with Crippen molar-refractivity contribution < 1.29 is 28.7 Å². The molecule has 0 amide bonds. The lowest BCUT2D eigenvalue weighted by Gasteiger charge is -2.45. The minimum atomic E-state index is -1.41. The minimum absolute atomic E-state index is 0.0464. The van der Waals surface area contributed by atoms with Gasteiger partial charge in [0.05, 0.1) is 0 Å². The van der Waals surface area contributed by atoms with Crippen molar-refractivity contribution in [3.8, 4) is 11.1 Å². The van der Waals surface area contributed by atoms with E-state index in [4.69, 9.17) is 27.4 Å². The lowest BCUT2D eigenvalue weighted by atomic mass is 9.66. The summed E-state index contributed by atoms with van der Waals surface area (Å²) < 4.78 is 29.3. The van der Waals surface area contributed by atoms with Crippen molar-refractivity contribution in [2.75, 3.05) is 0 Å². The average molecular weight is 481 g/mol. The van der Waals surface area contributed by atoms with Gasteiger partial charge >= 0.3 is 13.1 Å². The van der Waals surface area contributed by atoms with Crippen molar-refractivity contribution in [3.63, 3.8) is 0 Å². The van der Waals surface area contributed by atoms with Gasteiger partial charge in [-0.25, -0.2) is 8.78 Å². The number of carboxylic acid groups (broad SMARTS) is 1. The minimum Gasteiger partial charge on any atom is -0.480 e. The third kappa shape index (κ3) is 6.10. The molecule has 1 aliphatic rings. The first-order valence-electron chi connectivity index (χ1n) is 11.0. The molecule has 1 unspecified atom stereocenters. The van der Waals surface area contributed by atoms with Gasteiger partial charge in [0, 0.05) is 28.7 Å². The molecule has 3 rings (SSSR count). The van der Waals surface area contributed by atoms with E-state index in [-0.39, 0.29) is 42.4 Å². The second kappa shape index (κ2) is 10.9. The largest absolute Gasteiger partial charge is 0.480 e. The number of hydrogen-bond acceptors (Lipinski definition) is 5. The summed E-state index contributed by atoms with van der Waals surface area (Å²) >= 11 is 5.85. The summed E-state index contributed by atoms with van der Waals surface area (Å²) in [5.74, 6) is -3.18. The van der Waals surface area contributed by atoms with E-state index in [9.17, 15) is 18.7 Å². The standard InChI is InChI=1S/C23H28BClF2N2O4/c25-17-6-3-14(4-7-17)19-8-5-15(20(26)21(19)27)13-29-18-11-16(12-18)23(28,22(30)31)9-1-2-10-24(32)33/h3-8,16,18,29,32-33H,1-2,9-13,28H2,(H,30,31). The number of nitrogens with two attached hydrogens (primary N) is 1. The summed E-state index contributed by atoms with van der Waals surface area (Å²) in [6, 6.07) is 9.49. The van der Waals surface area contributed by atoms with Crippen LogP contribution in [-0.2, 0) is 11.3 Å². The first-order chi connectivity index (χ1) is 15.6. The van der Waals surface area contributed by atoms with Crippen molar-refractivity contribution in [3.05, 3.63) is 58.6 Å². The third-order valence-electron chi connectivity index (χ3n) is 6.47. The maximum atomic E-state index is 14.6. The van der Waals surface area contributed by atoms with Crippen LogP contribution in [0.1, 0.15) is 37.7 Å². The van der Waals surface area contributed by atoms with Gasteiger partial charge in [-0.3, -0.25) is 4.79 Å². The van der Waals surface area contributed by atoms with E-state index in [2.05, 4.69) is 5.32 Å². The molecule has 1 saturated carbocycles. The molecule has 0 aliphatic heterocycles. The molecule has 178 valence electrons. The number of unbranched alkanes of at least 4 members (excludes halogenated alkanes) is 1. The highest BCUT2D eigenvalue weighted by Crippen LogP contribution is 2.38. The highest BCUT2D eigenvalue weighted by atomic mass is 35.5. The van der Waals surface area contributed by atoms with E-state index in [0.717, 1.165) is 0 Å². The van der Waals surface area contributed by atoms with Crippen LogP contribution in [0.15, 0.2) is 36.4 Å². The van der Waals surface area contributed by atoms with Crippen LogP contribution >= 0.6 is 11.6 Å². The predicted octanol–water partition coefficient (Wildman–Crippen LogP) is 3.58. The Morgan fingerprint density at radius 1 is 1.12 bits per heavy atom. The number of rotatable bonds is 11. The summed E-state index contributed by atoms with van der Waals surface area (Å²) in [6.07, 6.45) is 2.37. The molecule has 0 radical (unpaired) electrons. The van der Waals surface area contributed by atoms with Gasteiger partial charge in [-0.1, -0.05) is 48.7 Å². The van der Waals surface area contributed by atoms with Gasteiger partial charge in [-0.15, -0.1) is 0 Å². The maximum Gasteiger partial charge on any atom is 0.451 e. The van der Waals surface area contributed by atoms with Crippen LogP contribution in [0, 0.1) is 17.6 Å². The number of halogens is 3. The van der Waals surface area contributed by atoms with Crippen molar-refractivity contribution in [1.82, 2.24) is 5.32 Å². The molecule has 1 atom stereocenters. The summed E-state index contributed by atoms with van der Waals surface area (Å²) in [5.41, 5.74) is 5.66. The molecule has 0 aromatic heterocycles. The summed E-state index contributed by atoms with van der Waals surface area (Å²) in [7, 11) is -1.41. The normalized spacial score (nSPS) is 19.6. The molecule has 2 aromatic rings. The molecule has 1 aliphatic carbocycles. The van der Waals surface area contributed by atoms with E-state index in [1.165, 1.54) is 12.1 Å². The fraction of sp³-hybridized carbons (Fsp3) is 0.435. The van der Waals surface area contributed by atoms with Gasteiger partial charge in [0.1, 0.15) is 5.54 Å². The number of aliphatic carboxylic acids is 1.